The molecular formula is C10H17N3O3. The van der Waals surface area contributed by atoms with Crippen molar-refractivity contribution in [2.24, 2.45) is 0 Å². The molecule has 1 unspecified atom stereocenters. The molecular weight excluding hydrogens is 210 g/mol. The standard InChI is InChI=1S/C10H17N3O3/c1-3-8(14)6-11-9(15)4-5-10-12-7(2)13-16-10/h8,14H,3-6H2,1-2H3,(H,11,15). The van der Waals surface area contributed by atoms with E-state index in [2.05, 4.69) is 15.5 Å². The number of amides is 1. The Hall–Kier alpha value is -1.43. The number of aromatic nitrogens is 2. The number of aliphatic hydroxyl groups excluding tert-OH is 1. The molecule has 0 bridgehead atoms. The predicted octanol–water partition coefficient (Wildman–Crippen LogP) is 0.198. The van der Waals surface area contributed by atoms with Gasteiger partial charge in [0.25, 0.3) is 0 Å². The summed E-state index contributed by atoms with van der Waals surface area (Å²) in [7, 11) is 0. The summed E-state index contributed by atoms with van der Waals surface area (Å²) in [5.41, 5.74) is 0. The first-order valence-electron chi connectivity index (χ1n) is 5.35. The molecule has 90 valence electrons. The number of carbonyl (C=O) groups is 1. The van der Waals surface area contributed by atoms with Crippen LogP contribution in [-0.2, 0) is 11.2 Å². The van der Waals surface area contributed by atoms with E-state index in [1.807, 2.05) is 6.92 Å². The van der Waals surface area contributed by atoms with Gasteiger partial charge in [-0.15, -0.1) is 0 Å². The Bertz CT molecular complexity index is 338. The highest BCUT2D eigenvalue weighted by atomic mass is 16.5. The maximum Gasteiger partial charge on any atom is 0.227 e. The lowest BCUT2D eigenvalue weighted by molar-refractivity contribution is -0.121. The molecule has 1 rings (SSSR count). The highest BCUT2D eigenvalue weighted by Gasteiger charge is 2.08. The number of hydrogen-bond acceptors (Lipinski definition) is 5. The topological polar surface area (TPSA) is 88.2 Å². The van der Waals surface area contributed by atoms with Gasteiger partial charge in [0.15, 0.2) is 5.82 Å². The first-order valence-corrected chi connectivity index (χ1v) is 5.35. The van der Waals surface area contributed by atoms with Gasteiger partial charge in [-0.05, 0) is 13.3 Å². The zero-order chi connectivity index (χ0) is 12.0. The van der Waals surface area contributed by atoms with E-state index in [1.165, 1.54) is 0 Å². The van der Waals surface area contributed by atoms with Crippen LogP contribution >= 0.6 is 0 Å². The summed E-state index contributed by atoms with van der Waals surface area (Å²) in [4.78, 5) is 15.3. The summed E-state index contributed by atoms with van der Waals surface area (Å²) in [5, 5.41) is 15.5. The number of carbonyl (C=O) groups excluding carboxylic acids is 1. The Morgan fingerprint density at radius 1 is 1.62 bits per heavy atom. The summed E-state index contributed by atoms with van der Waals surface area (Å²) < 4.78 is 4.87. The third kappa shape index (κ3) is 4.39. The average molecular weight is 227 g/mol. The van der Waals surface area contributed by atoms with Crippen molar-refractivity contribution in [3.63, 3.8) is 0 Å². The van der Waals surface area contributed by atoms with Gasteiger partial charge in [-0.1, -0.05) is 12.1 Å². The van der Waals surface area contributed by atoms with Crippen LogP contribution in [0.2, 0.25) is 0 Å². The summed E-state index contributed by atoms with van der Waals surface area (Å²) in [5.74, 6) is 0.906. The second kappa shape index (κ2) is 6.22. The molecule has 0 radical (unpaired) electrons. The predicted molar refractivity (Wildman–Crippen MR) is 56.7 cm³/mol. The zero-order valence-corrected chi connectivity index (χ0v) is 9.56. The number of nitrogens with zero attached hydrogens (tertiary/aromatic N) is 2. The number of hydrogen-bond donors (Lipinski definition) is 2. The van der Waals surface area contributed by atoms with Gasteiger partial charge in [0.05, 0.1) is 6.10 Å². The normalized spacial score (nSPS) is 12.4. The van der Waals surface area contributed by atoms with Crippen molar-refractivity contribution in [2.45, 2.75) is 39.2 Å². The minimum absolute atomic E-state index is 0.122. The molecule has 0 aliphatic rings. The number of aryl methyl sites for hydroxylation is 2. The molecule has 0 saturated heterocycles. The number of rotatable bonds is 6. The second-order valence-corrected chi connectivity index (χ2v) is 3.60. The molecule has 2 N–H and O–H groups in total. The third-order valence-corrected chi connectivity index (χ3v) is 2.14. The number of aliphatic hydroxyl groups is 1. The Labute approximate surface area is 94.0 Å². The summed E-state index contributed by atoms with van der Waals surface area (Å²) >= 11 is 0. The van der Waals surface area contributed by atoms with E-state index >= 15 is 0 Å². The van der Waals surface area contributed by atoms with Gasteiger partial charge in [0.1, 0.15) is 0 Å². The summed E-state index contributed by atoms with van der Waals surface area (Å²) in [6.45, 7) is 3.88. The van der Waals surface area contributed by atoms with Gasteiger partial charge >= 0.3 is 0 Å². The van der Waals surface area contributed by atoms with Crippen LogP contribution in [0.5, 0.6) is 0 Å². The molecule has 16 heavy (non-hydrogen) atoms. The van der Waals surface area contributed by atoms with Gasteiger partial charge in [-0.2, -0.15) is 4.98 Å². The molecule has 6 nitrogen and oxygen atoms in total. The third-order valence-electron chi connectivity index (χ3n) is 2.14. The smallest absolute Gasteiger partial charge is 0.227 e. The Balaban J connectivity index is 2.20. The van der Waals surface area contributed by atoms with Gasteiger partial charge in [-0.25, -0.2) is 0 Å². The molecule has 6 heteroatoms. The lowest BCUT2D eigenvalue weighted by Crippen LogP contribution is -2.31. The maximum atomic E-state index is 11.3. The first kappa shape index (κ1) is 12.6. The van der Waals surface area contributed by atoms with Crippen molar-refractivity contribution in [3.8, 4) is 0 Å². The van der Waals surface area contributed by atoms with Crippen molar-refractivity contribution in [1.82, 2.24) is 15.5 Å². The highest BCUT2D eigenvalue weighted by molar-refractivity contribution is 5.76. The average Bonchev–Trinajstić information content (AvgIpc) is 2.69. The van der Waals surface area contributed by atoms with Gasteiger partial charge in [0, 0.05) is 19.4 Å². The van der Waals surface area contributed by atoms with E-state index in [0.29, 0.717) is 24.6 Å². The lowest BCUT2D eigenvalue weighted by atomic mass is 10.2. The highest BCUT2D eigenvalue weighted by Crippen LogP contribution is 1.99. The van der Waals surface area contributed by atoms with Crippen LogP contribution in [-0.4, -0.2) is 33.8 Å². The summed E-state index contributed by atoms with van der Waals surface area (Å²) in [6.07, 6.45) is 0.866. The van der Waals surface area contributed by atoms with Crippen LogP contribution in [0.4, 0.5) is 0 Å². The van der Waals surface area contributed by atoms with E-state index in [-0.39, 0.29) is 18.9 Å². The zero-order valence-electron chi connectivity index (χ0n) is 9.56. The molecule has 0 aliphatic carbocycles. The van der Waals surface area contributed by atoms with Crippen molar-refractivity contribution in [1.29, 1.82) is 0 Å². The molecule has 0 spiro atoms. The van der Waals surface area contributed by atoms with Crippen LogP contribution in [0.1, 0.15) is 31.5 Å². The first-order chi connectivity index (χ1) is 7.61. The molecule has 1 atom stereocenters. The minimum atomic E-state index is -0.477. The fraction of sp³-hybridized carbons (Fsp3) is 0.700. The van der Waals surface area contributed by atoms with Crippen LogP contribution in [0.25, 0.3) is 0 Å². The molecule has 1 aromatic heterocycles. The molecule has 0 fully saturated rings. The van der Waals surface area contributed by atoms with Crippen molar-refractivity contribution in [3.05, 3.63) is 11.7 Å². The molecule has 1 aromatic rings. The molecule has 0 aromatic carbocycles. The van der Waals surface area contributed by atoms with E-state index in [4.69, 9.17) is 4.52 Å². The largest absolute Gasteiger partial charge is 0.391 e. The van der Waals surface area contributed by atoms with Crippen molar-refractivity contribution < 1.29 is 14.4 Å². The Kier molecular flexibility index (Phi) is 4.91. The van der Waals surface area contributed by atoms with E-state index in [1.54, 1.807) is 6.92 Å². The Morgan fingerprint density at radius 3 is 2.94 bits per heavy atom. The van der Waals surface area contributed by atoms with E-state index in [0.717, 1.165) is 0 Å². The van der Waals surface area contributed by atoms with Crippen LogP contribution in [0.15, 0.2) is 4.52 Å². The fourth-order valence-corrected chi connectivity index (χ4v) is 1.13. The fourth-order valence-electron chi connectivity index (χ4n) is 1.13. The summed E-state index contributed by atoms with van der Waals surface area (Å²) in [6, 6.07) is 0. The Morgan fingerprint density at radius 2 is 2.38 bits per heavy atom. The molecule has 1 heterocycles. The van der Waals surface area contributed by atoms with Gasteiger partial charge in [-0.3, -0.25) is 4.79 Å². The van der Waals surface area contributed by atoms with Gasteiger partial charge in [0.2, 0.25) is 11.8 Å². The minimum Gasteiger partial charge on any atom is -0.391 e. The quantitative estimate of drug-likeness (QED) is 0.724. The van der Waals surface area contributed by atoms with Gasteiger partial charge < -0.3 is 14.9 Å². The van der Waals surface area contributed by atoms with Crippen molar-refractivity contribution in [2.75, 3.05) is 6.54 Å². The van der Waals surface area contributed by atoms with E-state index < -0.39 is 6.10 Å². The number of nitrogens with one attached hydrogen (secondary N) is 1. The second-order valence-electron chi connectivity index (χ2n) is 3.60. The monoisotopic (exact) mass is 227 g/mol. The van der Waals surface area contributed by atoms with Crippen molar-refractivity contribution >= 4 is 5.91 Å². The lowest BCUT2D eigenvalue weighted by Gasteiger charge is -2.08. The molecule has 0 saturated carbocycles. The van der Waals surface area contributed by atoms with Crippen LogP contribution in [0.3, 0.4) is 0 Å². The van der Waals surface area contributed by atoms with Crippen LogP contribution < -0.4 is 5.32 Å². The van der Waals surface area contributed by atoms with Crippen LogP contribution in [0, 0.1) is 6.92 Å². The molecule has 0 aliphatic heterocycles. The SMILES string of the molecule is CCC(O)CNC(=O)CCc1nc(C)no1. The maximum absolute atomic E-state index is 11.3. The van der Waals surface area contributed by atoms with E-state index in [9.17, 15) is 9.90 Å². The molecule has 1 amide bonds.